The van der Waals surface area contributed by atoms with Crippen molar-refractivity contribution in [2.75, 3.05) is 13.2 Å². The molecule has 3 rings (SSSR count). The van der Waals surface area contributed by atoms with Gasteiger partial charge in [-0.2, -0.15) is 13.9 Å². The number of hydrogen-bond acceptors (Lipinski definition) is 6. The molecule has 9 heteroatoms. The van der Waals surface area contributed by atoms with Crippen LogP contribution < -0.4 is 24.4 Å². The van der Waals surface area contributed by atoms with Crippen LogP contribution in [-0.2, 0) is 4.79 Å². The number of alkyl halides is 2. The summed E-state index contributed by atoms with van der Waals surface area (Å²) in [4.78, 5) is 12.2. The second kappa shape index (κ2) is 9.03. The highest BCUT2D eigenvalue weighted by atomic mass is 19.3. The van der Waals surface area contributed by atoms with Gasteiger partial charge in [-0.25, -0.2) is 5.43 Å². The number of halogens is 2. The number of fused-ring (bicyclic) bond motifs is 1. The van der Waals surface area contributed by atoms with Gasteiger partial charge in [-0.1, -0.05) is 18.2 Å². The van der Waals surface area contributed by atoms with Crippen LogP contribution in [0.2, 0.25) is 0 Å². The van der Waals surface area contributed by atoms with Crippen LogP contribution in [0.1, 0.15) is 12.5 Å². The third kappa shape index (κ3) is 4.67. The normalized spacial score (nSPS) is 15.5. The standard InChI is InChI=1S/C19H18F2N2O5/c1-2-25-15-9-5-6-12(17(15)28-19(20)21)10-22-23-18(24)16-11-26-13-7-3-4-8-14(13)27-16/h3-10,16,19H,2,11H2,1H3,(H,23,24)/b22-10-/t16-/m1/s1. The van der Waals surface area contributed by atoms with Gasteiger partial charge in [0.25, 0.3) is 5.91 Å². The van der Waals surface area contributed by atoms with Gasteiger partial charge in [0.15, 0.2) is 23.0 Å². The predicted octanol–water partition coefficient (Wildman–Crippen LogP) is 2.98. The van der Waals surface area contributed by atoms with Gasteiger partial charge in [0.05, 0.1) is 12.8 Å². The van der Waals surface area contributed by atoms with E-state index in [1.807, 2.05) is 0 Å². The number of carbonyl (C=O) groups is 1. The first kappa shape index (κ1) is 19.4. The molecule has 2 aromatic rings. The van der Waals surface area contributed by atoms with E-state index in [4.69, 9.17) is 14.2 Å². The average Bonchev–Trinajstić information content (AvgIpc) is 2.69. The molecule has 148 valence electrons. The van der Waals surface area contributed by atoms with Gasteiger partial charge in [0.2, 0.25) is 6.10 Å². The van der Waals surface area contributed by atoms with Crippen molar-refractivity contribution in [1.29, 1.82) is 0 Å². The quantitative estimate of drug-likeness (QED) is 0.579. The van der Waals surface area contributed by atoms with Crippen molar-refractivity contribution in [2.45, 2.75) is 19.6 Å². The zero-order valence-corrected chi connectivity index (χ0v) is 14.9. The SMILES string of the molecule is CCOc1cccc(/C=N\NC(=O)[C@H]2COc3ccccc3O2)c1OC(F)F. The van der Waals surface area contributed by atoms with Gasteiger partial charge >= 0.3 is 6.61 Å². The van der Waals surface area contributed by atoms with Crippen LogP contribution in [0.5, 0.6) is 23.0 Å². The van der Waals surface area contributed by atoms with E-state index in [2.05, 4.69) is 15.3 Å². The molecule has 28 heavy (non-hydrogen) atoms. The monoisotopic (exact) mass is 392 g/mol. The Bertz CT molecular complexity index is 860. The first-order valence-electron chi connectivity index (χ1n) is 8.50. The number of carbonyl (C=O) groups excluding carboxylic acids is 1. The molecular formula is C19H18F2N2O5. The Hall–Kier alpha value is -3.36. The van der Waals surface area contributed by atoms with Crippen LogP contribution in [0.4, 0.5) is 8.78 Å². The number of amides is 1. The van der Waals surface area contributed by atoms with Crippen LogP contribution in [-0.4, -0.2) is 38.1 Å². The average molecular weight is 392 g/mol. The maximum absolute atomic E-state index is 12.7. The van der Waals surface area contributed by atoms with Gasteiger partial charge in [-0.3, -0.25) is 4.79 Å². The summed E-state index contributed by atoms with van der Waals surface area (Å²) >= 11 is 0. The minimum Gasteiger partial charge on any atom is -0.490 e. The molecule has 0 saturated carbocycles. The lowest BCUT2D eigenvalue weighted by atomic mass is 10.2. The lowest BCUT2D eigenvalue weighted by Gasteiger charge is -2.24. The lowest BCUT2D eigenvalue weighted by Crippen LogP contribution is -2.42. The summed E-state index contributed by atoms with van der Waals surface area (Å²) in [6, 6.07) is 11.6. The molecule has 1 amide bonds. The molecule has 1 aliphatic rings. The molecule has 0 saturated heterocycles. The van der Waals surface area contributed by atoms with E-state index in [0.717, 1.165) is 0 Å². The zero-order valence-electron chi connectivity index (χ0n) is 14.9. The predicted molar refractivity (Wildman–Crippen MR) is 96.3 cm³/mol. The zero-order chi connectivity index (χ0) is 19.9. The molecule has 0 aromatic heterocycles. The van der Waals surface area contributed by atoms with Crippen molar-refractivity contribution >= 4 is 12.1 Å². The molecule has 1 N–H and O–H groups in total. The fraction of sp³-hybridized carbons (Fsp3) is 0.263. The summed E-state index contributed by atoms with van der Waals surface area (Å²) in [5.41, 5.74) is 2.53. The minimum atomic E-state index is -3.03. The van der Waals surface area contributed by atoms with Gasteiger partial charge < -0.3 is 18.9 Å². The molecule has 7 nitrogen and oxygen atoms in total. The van der Waals surface area contributed by atoms with E-state index in [9.17, 15) is 13.6 Å². The summed E-state index contributed by atoms with van der Waals surface area (Å²) < 4.78 is 46.3. The smallest absolute Gasteiger partial charge is 0.387 e. The maximum Gasteiger partial charge on any atom is 0.387 e. The van der Waals surface area contributed by atoms with Crippen molar-refractivity contribution in [1.82, 2.24) is 5.43 Å². The summed E-state index contributed by atoms with van der Waals surface area (Å²) in [7, 11) is 0. The largest absolute Gasteiger partial charge is 0.490 e. The second-order valence-electron chi connectivity index (χ2n) is 5.58. The molecule has 1 atom stereocenters. The fourth-order valence-electron chi connectivity index (χ4n) is 2.51. The van der Waals surface area contributed by atoms with E-state index < -0.39 is 18.6 Å². The molecule has 2 aromatic carbocycles. The highest BCUT2D eigenvalue weighted by Gasteiger charge is 2.27. The number of benzene rings is 2. The number of hydrogen-bond donors (Lipinski definition) is 1. The number of para-hydroxylation sites is 3. The van der Waals surface area contributed by atoms with Crippen molar-refractivity contribution < 1.29 is 32.5 Å². The molecule has 0 aliphatic carbocycles. The second-order valence-corrected chi connectivity index (χ2v) is 5.58. The van der Waals surface area contributed by atoms with Gasteiger partial charge in [0, 0.05) is 5.56 Å². The van der Waals surface area contributed by atoms with Crippen LogP contribution in [0, 0.1) is 0 Å². The number of rotatable bonds is 7. The van der Waals surface area contributed by atoms with Crippen LogP contribution in [0.15, 0.2) is 47.6 Å². The topological polar surface area (TPSA) is 78.4 Å². The van der Waals surface area contributed by atoms with Gasteiger partial charge in [0.1, 0.15) is 6.61 Å². The molecular weight excluding hydrogens is 374 g/mol. The van der Waals surface area contributed by atoms with E-state index in [1.54, 1.807) is 37.3 Å². The molecule has 1 heterocycles. The summed E-state index contributed by atoms with van der Waals surface area (Å²) in [5.74, 6) is 0.455. The highest BCUT2D eigenvalue weighted by molar-refractivity contribution is 5.87. The Labute approximate surface area is 159 Å². The van der Waals surface area contributed by atoms with Gasteiger partial charge in [-0.05, 0) is 31.2 Å². The maximum atomic E-state index is 12.7. The Morgan fingerprint density at radius 1 is 1.29 bits per heavy atom. The van der Waals surface area contributed by atoms with E-state index in [0.29, 0.717) is 11.5 Å². The third-order valence-corrected chi connectivity index (χ3v) is 3.70. The molecule has 0 radical (unpaired) electrons. The first-order chi connectivity index (χ1) is 13.6. The van der Waals surface area contributed by atoms with Crippen molar-refractivity contribution in [2.24, 2.45) is 5.10 Å². The Morgan fingerprint density at radius 3 is 2.82 bits per heavy atom. The van der Waals surface area contributed by atoms with E-state index >= 15 is 0 Å². The molecule has 0 fully saturated rings. The van der Waals surface area contributed by atoms with E-state index in [-0.39, 0.29) is 30.3 Å². The third-order valence-electron chi connectivity index (χ3n) is 3.70. The minimum absolute atomic E-state index is 0.0257. The van der Waals surface area contributed by atoms with Crippen LogP contribution in [0.3, 0.4) is 0 Å². The van der Waals surface area contributed by atoms with Crippen LogP contribution >= 0.6 is 0 Å². The Morgan fingerprint density at radius 2 is 2.07 bits per heavy atom. The summed E-state index contributed by atoms with van der Waals surface area (Å²) in [6.45, 7) is -1.01. The molecule has 1 aliphatic heterocycles. The van der Waals surface area contributed by atoms with Crippen molar-refractivity contribution in [3.05, 3.63) is 48.0 Å². The number of nitrogens with zero attached hydrogens (tertiary/aromatic N) is 1. The fourth-order valence-corrected chi connectivity index (χ4v) is 2.51. The van der Waals surface area contributed by atoms with Crippen molar-refractivity contribution in [3.63, 3.8) is 0 Å². The Kier molecular flexibility index (Phi) is 6.25. The van der Waals surface area contributed by atoms with Gasteiger partial charge in [-0.15, -0.1) is 0 Å². The Balaban J connectivity index is 1.67. The first-order valence-corrected chi connectivity index (χ1v) is 8.50. The summed E-state index contributed by atoms with van der Waals surface area (Å²) in [6.07, 6.45) is 0.300. The molecule has 0 unspecified atom stereocenters. The highest BCUT2D eigenvalue weighted by Crippen LogP contribution is 2.32. The number of hydrazone groups is 1. The molecule has 0 spiro atoms. The number of nitrogens with one attached hydrogen (secondary N) is 1. The number of ether oxygens (including phenoxy) is 4. The molecule has 0 bridgehead atoms. The lowest BCUT2D eigenvalue weighted by molar-refractivity contribution is -0.130. The van der Waals surface area contributed by atoms with E-state index in [1.165, 1.54) is 18.3 Å². The van der Waals surface area contributed by atoms with Crippen molar-refractivity contribution in [3.8, 4) is 23.0 Å². The summed E-state index contributed by atoms with van der Waals surface area (Å²) in [5, 5.41) is 3.80. The van der Waals surface area contributed by atoms with Crippen LogP contribution in [0.25, 0.3) is 0 Å².